The molecule has 1 N–H and O–H groups in total. The van der Waals surface area contributed by atoms with Gasteiger partial charge in [-0.05, 0) is 48.9 Å². The predicted molar refractivity (Wildman–Crippen MR) is 63.0 cm³/mol. The lowest BCUT2D eigenvalue weighted by molar-refractivity contribution is 0.257. The molecule has 1 aromatic rings. The van der Waals surface area contributed by atoms with Crippen molar-refractivity contribution in [3.63, 3.8) is 0 Å². The van der Waals surface area contributed by atoms with Crippen molar-refractivity contribution in [2.24, 2.45) is 0 Å². The fourth-order valence-corrected chi connectivity index (χ4v) is 2.59. The maximum atomic E-state index is 12.6. The second-order valence-electron chi connectivity index (χ2n) is 3.97. The van der Waals surface area contributed by atoms with Crippen LogP contribution in [0.25, 0.3) is 0 Å². The largest absolute Gasteiger partial charge is 0.344 e. The molecule has 0 aliphatic heterocycles. The third kappa shape index (κ3) is 3.23. The van der Waals surface area contributed by atoms with Gasteiger partial charge in [-0.2, -0.15) is 0 Å². The van der Waals surface area contributed by atoms with Crippen molar-refractivity contribution < 1.29 is 9.18 Å². The summed E-state index contributed by atoms with van der Waals surface area (Å²) < 4.78 is 12.6. The molecule has 86 valence electrons. The molecule has 1 aliphatic carbocycles. The Kier molecular flexibility index (Phi) is 3.83. The zero-order valence-corrected chi connectivity index (χ0v) is 9.73. The van der Waals surface area contributed by atoms with Gasteiger partial charge in [0, 0.05) is 10.9 Å². The molecule has 1 aromatic carbocycles. The molecule has 1 amide bonds. The first-order valence-electron chi connectivity index (χ1n) is 5.48. The van der Waals surface area contributed by atoms with E-state index in [1.807, 2.05) is 0 Å². The van der Waals surface area contributed by atoms with Gasteiger partial charge in [0.05, 0.1) is 0 Å². The lowest BCUT2D eigenvalue weighted by Crippen LogP contribution is -2.29. The Morgan fingerprint density at radius 2 is 1.88 bits per heavy atom. The van der Waals surface area contributed by atoms with Crippen molar-refractivity contribution in [3.8, 4) is 0 Å². The highest BCUT2D eigenvalue weighted by atomic mass is 32.2. The number of thioether (sulfide) groups is 1. The van der Waals surface area contributed by atoms with Gasteiger partial charge in [0.25, 0.3) is 5.24 Å². The van der Waals surface area contributed by atoms with Crippen molar-refractivity contribution >= 4 is 17.0 Å². The SMILES string of the molecule is O=C(NC1CCCC1)Sc1ccc(F)cc1. The molecule has 1 fully saturated rings. The van der Waals surface area contributed by atoms with Crippen molar-refractivity contribution in [1.82, 2.24) is 5.32 Å². The molecular weight excluding hydrogens is 225 g/mol. The lowest BCUT2D eigenvalue weighted by Gasteiger charge is -2.10. The normalized spacial score (nSPS) is 16.3. The summed E-state index contributed by atoms with van der Waals surface area (Å²) in [7, 11) is 0. The predicted octanol–water partition coefficient (Wildman–Crippen LogP) is 3.57. The highest BCUT2D eigenvalue weighted by molar-refractivity contribution is 8.13. The summed E-state index contributed by atoms with van der Waals surface area (Å²) in [6.45, 7) is 0. The smallest absolute Gasteiger partial charge is 0.284 e. The summed E-state index contributed by atoms with van der Waals surface area (Å²) in [5.74, 6) is -0.277. The minimum Gasteiger partial charge on any atom is -0.344 e. The quantitative estimate of drug-likeness (QED) is 0.799. The topological polar surface area (TPSA) is 29.1 Å². The molecule has 0 heterocycles. The molecule has 1 aliphatic rings. The summed E-state index contributed by atoms with van der Waals surface area (Å²) in [5.41, 5.74) is 0. The highest BCUT2D eigenvalue weighted by Crippen LogP contribution is 2.22. The molecule has 16 heavy (non-hydrogen) atoms. The number of halogens is 1. The van der Waals surface area contributed by atoms with Gasteiger partial charge in [0.15, 0.2) is 0 Å². The van der Waals surface area contributed by atoms with Gasteiger partial charge in [0.2, 0.25) is 0 Å². The first kappa shape index (κ1) is 11.5. The molecule has 0 aromatic heterocycles. The van der Waals surface area contributed by atoms with Crippen molar-refractivity contribution in [1.29, 1.82) is 0 Å². The van der Waals surface area contributed by atoms with Crippen LogP contribution >= 0.6 is 11.8 Å². The molecule has 2 nitrogen and oxygen atoms in total. The van der Waals surface area contributed by atoms with Gasteiger partial charge in [0.1, 0.15) is 5.82 Å². The fourth-order valence-electron chi connectivity index (χ4n) is 1.88. The van der Waals surface area contributed by atoms with E-state index in [1.165, 1.54) is 25.0 Å². The Labute approximate surface area is 98.6 Å². The van der Waals surface area contributed by atoms with Gasteiger partial charge >= 0.3 is 0 Å². The number of amides is 1. The number of hydrogen-bond donors (Lipinski definition) is 1. The summed E-state index contributed by atoms with van der Waals surface area (Å²) >= 11 is 1.12. The second-order valence-corrected chi connectivity index (χ2v) is 5.02. The van der Waals surface area contributed by atoms with E-state index in [1.54, 1.807) is 12.1 Å². The Morgan fingerprint density at radius 1 is 1.25 bits per heavy atom. The molecule has 0 bridgehead atoms. The van der Waals surface area contributed by atoms with E-state index < -0.39 is 0 Å². The molecular formula is C12H14FNOS. The van der Waals surface area contributed by atoms with Crippen LogP contribution < -0.4 is 5.32 Å². The third-order valence-corrected chi connectivity index (χ3v) is 3.51. The van der Waals surface area contributed by atoms with Crippen LogP contribution in [0.4, 0.5) is 9.18 Å². The van der Waals surface area contributed by atoms with E-state index in [2.05, 4.69) is 5.32 Å². The van der Waals surface area contributed by atoms with E-state index >= 15 is 0 Å². The van der Waals surface area contributed by atoms with Crippen LogP contribution in [-0.4, -0.2) is 11.3 Å². The van der Waals surface area contributed by atoms with Crippen molar-refractivity contribution in [2.45, 2.75) is 36.6 Å². The minimum atomic E-state index is -0.277. The number of carbonyl (C=O) groups excluding carboxylic acids is 1. The zero-order valence-electron chi connectivity index (χ0n) is 8.91. The first-order chi connectivity index (χ1) is 7.74. The summed E-state index contributed by atoms with van der Waals surface area (Å²) in [6, 6.07) is 6.30. The van der Waals surface area contributed by atoms with Crippen LogP contribution in [0.15, 0.2) is 29.2 Å². The van der Waals surface area contributed by atoms with Gasteiger partial charge in [-0.15, -0.1) is 0 Å². The summed E-state index contributed by atoms with van der Waals surface area (Å²) in [5, 5.41) is 2.93. The second kappa shape index (κ2) is 5.34. The molecule has 0 spiro atoms. The average molecular weight is 239 g/mol. The average Bonchev–Trinajstić information content (AvgIpc) is 2.74. The van der Waals surface area contributed by atoms with Crippen LogP contribution in [0.5, 0.6) is 0 Å². The molecule has 0 radical (unpaired) electrons. The molecule has 2 rings (SSSR count). The Morgan fingerprint density at radius 3 is 2.50 bits per heavy atom. The molecule has 4 heteroatoms. The highest BCUT2D eigenvalue weighted by Gasteiger charge is 2.17. The lowest BCUT2D eigenvalue weighted by atomic mass is 10.3. The zero-order chi connectivity index (χ0) is 11.4. The van der Waals surface area contributed by atoms with E-state index in [0.29, 0.717) is 6.04 Å². The first-order valence-corrected chi connectivity index (χ1v) is 6.29. The molecule has 1 saturated carbocycles. The number of benzene rings is 1. The minimum absolute atomic E-state index is 0.0430. The van der Waals surface area contributed by atoms with E-state index in [0.717, 1.165) is 29.5 Å². The van der Waals surface area contributed by atoms with E-state index in [4.69, 9.17) is 0 Å². The number of rotatable bonds is 2. The van der Waals surface area contributed by atoms with Crippen molar-refractivity contribution in [2.75, 3.05) is 0 Å². The van der Waals surface area contributed by atoms with Crippen LogP contribution in [-0.2, 0) is 0 Å². The van der Waals surface area contributed by atoms with E-state index in [-0.39, 0.29) is 11.1 Å². The Bertz CT molecular complexity index is 360. The molecule has 0 saturated heterocycles. The van der Waals surface area contributed by atoms with Gasteiger partial charge in [-0.3, -0.25) is 4.79 Å². The summed E-state index contributed by atoms with van der Waals surface area (Å²) in [6.07, 6.45) is 4.56. The molecule has 0 atom stereocenters. The maximum Gasteiger partial charge on any atom is 0.284 e. The van der Waals surface area contributed by atoms with Crippen LogP contribution in [0.1, 0.15) is 25.7 Å². The Balaban J connectivity index is 1.84. The van der Waals surface area contributed by atoms with E-state index in [9.17, 15) is 9.18 Å². The number of hydrogen-bond acceptors (Lipinski definition) is 2. The third-order valence-electron chi connectivity index (χ3n) is 2.70. The number of nitrogens with one attached hydrogen (secondary N) is 1. The monoisotopic (exact) mass is 239 g/mol. The van der Waals surface area contributed by atoms with Crippen molar-refractivity contribution in [3.05, 3.63) is 30.1 Å². The standard InChI is InChI=1S/C12H14FNOS/c13-9-5-7-11(8-6-9)16-12(15)14-10-3-1-2-4-10/h5-8,10H,1-4H2,(H,14,15). The summed E-state index contributed by atoms with van der Waals surface area (Å²) in [4.78, 5) is 12.4. The fraction of sp³-hybridized carbons (Fsp3) is 0.417. The van der Waals surface area contributed by atoms with Gasteiger partial charge in [-0.1, -0.05) is 12.8 Å². The van der Waals surface area contributed by atoms with Crippen LogP contribution in [0.2, 0.25) is 0 Å². The van der Waals surface area contributed by atoms with Crippen LogP contribution in [0.3, 0.4) is 0 Å². The maximum absolute atomic E-state index is 12.6. The van der Waals surface area contributed by atoms with Gasteiger partial charge in [-0.25, -0.2) is 4.39 Å². The van der Waals surface area contributed by atoms with Crippen LogP contribution in [0, 0.1) is 5.82 Å². The number of carbonyl (C=O) groups is 1. The Hall–Kier alpha value is -1.03. The van der Waals surface area contributed by atoms with Gasteiger partial charge < -0.3 is 5.32 Å². The molecule has 0 unspecified atom stereocenters.